The molecule has 1 saturated heterocycles. The van der Waals surface area contributed by atoms with Gasteiger partial charge < -0.3 is 22.8 Å². The Morgan fingerprint density at radius 2 is 1.82 bits per heavy atom. The van der Waals surface area contributed by atoms with E-state index in [9.17, 15) is 0 Å². The summed E-state index contributed by atoms with van der Waals surface area (Å²) in [5.74, 6) is 0. The third-order valence-corrected chi connectivity index (χ3v) is 6.11. The minimum absolute atomic E-state index is 0.152. The quantitative estimate of drug-likeness (QED) is 0.655. The standard InChI is InChI=1S/C11H24O5Si/c1-5-11(17(12-2,13-3)14-4)16-10-8-6-7-9-15-10/h10-11H,5-9H2,1-4H3. The predicted molar refractivity (Wildman–Crippen MR) is 65.5 cm³/mol. The van der Waals surface area contributed by atoms with Crippen LogP contribution in [0.5, 0.6) is 0 Å². The Hall–Kier alpha value is 0.0169. The Balaban J connectivity index is 2.61. The summed E-state index contributed by atoms with van der Waals surface area (Å²) in [5.41, 5.74) is -0.175. The first-order chi connectivity index (χ1) is 8.22. The maximum absolute atomic E-state index is 5.94. The lowest BCUT2D eigenvalue weighted by atomic mass is 10.2. The fourth-order valence-electron chi connectivity index (χ4n) is 2.08. The van der Waals surface area contributed by atoms with Crippen LogP contribution in [0.4, 0.5) is 0 Å². The predicted octanol–water partition coefficient (Wildman–Crippen LogP) is 1.73. The molecule has 0 bridgehead atoms. The molecule has 0 spiro atoms. The zero-order chi connectivity index (χ0) is 12.7. The average Bonchev–Trinajstić information content (AvgIpc) is 2.41. The summed E-state index contributed by atoms with van der Waals surface area (Å²) in [6.45, 7) is 2.80. The van der Waals surface area contributed by atoms with Crippen molar-refractivity contribution in [2.45, 2.75) is 44.6 Å². The van der Waals surface area contributed by atoms with E-state index in [-0.39, 0.29) is 12.0 Å². The summed E-state index contributed by atoms with van der Waals surface area (Å²) >= 11 is 0. The van der Waals surface area contributed by atoms with Gasteiger partial charge in [0.05, 0.1) is 0 Å². The van der Waals surface area contributed by atoms with Crippen molar-refractivity contribution in [2.75, 3.05) is 27.9 Å². The van der Waals surface area contributed by atoms with Crippen LogP contribution in [0.2, 0.25) is 0 Å². The molecule has 0 aromatic carbocycles. The molecule has 0 radical (unpaired) electrons. The van der Waals surface area contributed by atoms with Crippen LogP contribution < -0.4 is 0 Å². The van der Waals surface area contributed by atoms with E-state index in [0.717, 1.165) is 32.3 Å². The highest BCUT2D eigenvalue weighted by atomic mass is 28.4. The molecule has 1 aliphatic heterocycles. The van der Waals surface area contributed by atoms with Gasteiger partial charge in [-0.15, -0.1) is 0 Å². The van der Waals surface area contributed by atoms with E-state index in [1.807, 2.05) is 6.92 Å². The Morgan fingerprint density at radius 1 is 1.18 bits per heavy atom. The van der Waals surface area contributed by atoms with Crippen LogP contribution in [0.25, 0.3) is 0 Å². The van der Waals surface area contributed by atoms with E-state index in [4.69, 9.17) is 22.8 Å². The van der Waals surface area contributed by atoms with Gasteiger partial charge in [-0.25, -0.2) is 0 Å². The van der Waals surface area contributed by atoms with Gasteiger partial charge >= 0.3 is 8.80 Å². The topological polar surface area (TPSA) is 46.2 Å². The first-order valence-electron chi connectivity index (χ1n) is 6.15. The molecule has 1 aliphatic rings. The summed E-state index contributed by atoms with van der Waals surface area (Å²) in [5, 5.41) is 0. The van der Waals surface area contributed by atoms with E-state index >= 15 is 0 Å². The van der Waals surface area contributed by atoms with Gasteiger partial charge in [-0.2, -0.15) is 0 Å². The van der Waals surface area contributed by atoms with E-state index in [0.29, 0.717) is 0 Å². The molecule has 0 saturated carbocycles. The molecule has 102 valence electrons. The lowest BCUT2D eigenvalue weighted by Gasteiger charge is -2.34. The highest BCUT2D eigenvalue weighted by molar-refractivity contribution is 6.62. The number of rotatable bonds is 7. The summed E-state index contributed by atoms with van der Waals surface area (Å²) in [7, 11) is 2.08. The molecule has 2 unspecified atom stereocenters. The lowest BCUT2D eigenvalue weighted by molar-refractivity contribution is -0.184. The van der Waals surface area contributed by atoms with Crippen molar-refractivity contribution >= 4 is 8.80 Å². The maximum Gasteiger partial charge on any atom is 0.530 e. The van der Waals surface area contributed by atoms with Crippen LogP contribution >= 0.6 is 0 Å². The van der Waals surface area contributed by atoms with Gasteiger partial charge in [-0.1, -0.05) is 6.92 Å². The van der Waals surface area contributed by atoms with Crippen molar-refractivity contribution in [1.82, 2.24) is 0 Å². The number of ether oxygens (including phenoxy) is 2. The average molecular weight is 264 g/mol. The highest BCUT2D eigenvalue weighted by Gasteiger charge is 2.48. The summed E-state index contributed by atoms with van der Waals surface area (Å²) in [6.07, 6.45) is 3.81. The minimum atomic E-state index is -2.73. The molecule has 0 amide bonds. The van der Waals surface area contributed by atoms with Crippen molar-refractivity contribution < 1.29 is 22.8 Å². The fraction of sp³-hybridized carbons (Fsp3) is 1.00. The molecule has 1 heterocycles. The van der Waals surface area contributed by atoms with Crippen LogP contribution in [0, 0.1) is 0 Å². The molecule has 2 atom stereocenters. The van der Waals surface area contributed by atoms with Crippen molar-refractivity contribution in [2.24, 2.45) is 0 Å². The van der Waals surface area contributed by atoms with E-state index in [1.54, 1.807) is 21.3 Å². The Labute approximate surface area is 105 Å². The summed E-state index contributed by atoms with van der Waals surface area (Å²) in [6, 6.07) is 0. The van der Waals surface area contributed by atoms with Gasteiger partial charge in [-0.3, -0.25) is 0 Å². The molecule has 1 rings (SSSR count). The molecule has 0 aliphatic carbocycles. The molecule has 0 aromatic rings. The van der Waals surface area contributed by atoms with E-state index in [1.165, 1.54) is 0 Å². The van der Waals surface area contributed by atoms with Crippen LogP contribution in [0.1, 0.15) is 32.6 Å². The molecule has 17 heavy (non-hydrogen) atoms. The second-order valence-corrected chi connectivity index (χ2v) is 7.12. The van der Waals surface area contributed by atoms with Crippen molar-refractivity contribution in [3.63, 3.8) is 0 Å². The van der Waals surface area contributed by atoms with Gasteiger partial charge in [0, 0.05) is 27.9 Å². The molecule has 5 nitrogen and oxygen atoms in total. The van der Waals surface area contributed by atoms with Gasteiger partial charge in [0.25, 0.3) is 0 Å². The molecule has 0 aromatic heterocycles. The van der Waals surface area contributed by atoms with Crippen LogP contribution in [0.15, 0.2) is 0 Å². The number of hydrogen-bond donors (Lipinski definition) is 0. The highest BCUT2D eigenvalue weighted by Crippen LogP contribution is 2.23. The second kappa shape index (κ2) is 7.45. The SMILES string of the molecule is CCC(OC1CCCCO1)[Si](OC)(OC)OC. The van der Waals surface area contributed by atoms with Crippen LogP contribution in [-0.2, 0) is 22.8 Å². The van der Waals surface area contributed by atoms with Gasteiger partial charge in [0.1, 0.15) is 5.73 Å². The second-order valence-electron chi connectivity index (χ2n) is 4.05. The number of hydrogen-bond acceptors (Lipinski definition) is 5. The molecule has 6 heteroatoms. The van der Waals surface area contributed by atoms with Gasteiger partial charge in [0.15, 0.2) is 6.29 Å². The fourth-order valence-corrected chi connectivity index (χ4v) is 4.18. The molecule has 1 fully saturated rings. The Morgan fingerprint density at radius 3 is 2.24 bits per heavy atom. The smallest absolute Gasteiger partial charge is 0.375 e. The molecular weight excluding hydrogens is 240 g/mol. The molecule has 0 N–H and O–H groups in total. The summed E-state index contributed by atoms with van der Waals surface area (Å²) < 4.78 is 27.8. The van der Waals surface area contributed by atoms with Gasteiger partial charge in [0.2, 0.25) is 0 Å². The van der Waals surface area contributed by atoms with Crippen LogP contribution in [-0.4, -0.2) is 48.8 Å². The maximum atomic E-state index is 5.94. The van der Waals surface area contributed by atoms with Crippen molar-refractivity contribution in [1.29, 1.82) is 0 Å². The van der Waals surface area contributed by atoms with Crippen molar-refractivity contribution in [3.8, 4) is 0 Å². The van der Waals surface area contributed by atoms with E-state index in [2.05, 4.69) is 0 Å². The Bertz CT molecular complexity index is 196. The zero-order valence-corrected chi connectivity index (χ0v) is 12.2. The largest absolute Gasteiger partial charge is 0.530 e. The first kappa shape index (κ1) is 15.1. The van der Waals surface area contributed by atoms with Crippen molar-refractivity contribution in [3.05, 3.63) is 0 Å². The third kappa shape index (κ3) is 3.74. The van der Waals surface area contributed by atoms with Crippen LogP contribution in [0.3, 0.4) is 0 Å². The minimum Gasteiger partial charge on any atom is -0.375 e. The first-order valence-corrected chi connectivity index (χ1v) is 7.95. The zero-order valence-electron chi connectivity index (χ0n) is 11.2. The Kier molecular flexibility index (Phi) is 6.61. The normalized spacial score (nSPS) is 23.6. The van der Waals surface area contributed by atoms with E-state index < -0.39 is 8.80 Å². The monoisotopic (exact) mass is 264 g/mol. The third-order valence-electron chi connectivity index (χ3n) is 3.07. The van der Waals surface area contributed by atoms with Gasteiger partial charge in [-0.05, 0) is 25.7 Å². The lowest BCUT2D eigenvalue weighted by Crippen LogP contribution is -2.56. The molecular formula is C11H24O5Si. The summed E-state index contributed by atoms with van der Waals surface area (Å²) in [4.78, 5) is 0.